The Morgan fingerprint density at radius 2 is 2.00 bits per heavy atom. The monoisotopic (exact) mass is 167 g/mol. The molecule has 2 unspecified atom stereocenters. The minimum atomic E-state index is 0.304. The van der Waals surface area contributed by atoms with Gasteiger partial charge in [-0.2, -0.15) is 0 Å². The van der Waals surface area contributed by atoms with Crippen molar-refractivity contribution >= 4 is 5.78 Å². The summed E-state index contributed by atoms with van der Waals surface area (Å²) in [4.78, 5) is 11.6. The SMILES string of the molecule is NC1CCC(C(=O)CC2CC2)C1. The van der Waals surface area contributed by atoms with E-state index in [1.54, 1.807) is 0 Å². The summed E-state index contributed by atoms with van der Waals surface area (Å²) in [6, 6.07) is 0.304. The highest BCUT2D eigenvalue weighted by Crippen LogP contribution is 2.35. The lowest BCUT2D eigenvalue weighted by molar-refractivity contribution is -0.123. The van der Waals surface area contributed by atoms with Crippen molar-refractivity contribution in [1.82, 2.24) is 0 Å². The first-order chi connectivity index (χ1) is 5.75. The third-order valence-electron chi connectivity index (χ3n) is 3.12. The van der Waals surface area contributed by atoms with Crippen LogP contribution in [-0.4, -0.2) is 11.8 Å². The average molecular weight is 167 g/mol. The number of Topliss-reactive ketones (excluding diaryl/α,β-unsaturated/α-hetero) is 1. The molecule has 12 heavy (non-hydrogen) atoms. The predicted octanol–water partition coefficient (Wildman–Crippen LogP) is 1.48. The molecular weight excluding hydrogens is 150 g/mol. The number of hydrogen-bond acceptors (Lipinski definition) is 2. The molecule has 0 amide bonds. The molecule has 0 aromatic rings. The van der Waals surface area contributed by atoms with Gasteiger partial charge in [-0.3, -0.25) is 4.79 Å². The van der Waals surface area contributed by atoms with Crippen molar-refractivity contribution in [2.24, 2.45) is 17.6 Å². The quantitative estimate of drug-likeness (QED) is 0.692. The van der Waals surface area contributed by atoms with Crippen LogP contribution in [0.5, 0.6) is 0 Å². The maximum Gasteiger partial charge on any atom is 0.136 e. The minimum absolute atomic E-state index is 0.304. The van der Waals surface area contributed by atoms with Crippen molar-refractivity contribution in [3.05, 3.63) is 0 Å². The molecule has 0 bridgehead atoms. The van der Waals surface area contributed by atoms with E-state index in [4.69, 9.17) is 5.73 Å². The molecule has 0 aliphatic heterocycles. The second kappa shape index (κ2) is 3.17. The lowest BCUT2D eigenvalue weighted by Gasteiger charge is -2.06. The Morgan fingerprint density at radius 1 is 1.25 bits per heavy atom. The van der Waals surface area contributed by atoms with Gasteiger partial charge < -0.3 is 5.73 Å². The Balaban J connectivity index is 1.79. The predicted molar refractivity (Wildman–Crippen MR) is 47.7 cm³/mol. The van der Waals surface area contributed by atoms with Crippen LogP contribution >= 0.6 is 0 Å². The minimum Gasteiger partial charge on any atom is -0.328 e. The maximum atomic E-state index is 11.6. The molecule has 2 rings (SSSR count). The Hall–Kier alpha value is -0.370. The van der Waals surface area contributed by atoms with Crippen LogP contribution < -0.4 is 5.73 Å². The van der Waals surface area contributed by atoms with Gasteiger partial charge in [0.15, 0.2) is 0 Å². The summed E-state index contributed by atoms with van der Waals surface area (Å²) in [7, 11) is 0. The topological polar surface area (TPSA) is 43.1 Å². The fourth-order valence-electron chi connectivity index (χ4n) is 2.08. The van der Waals surface area contributed by atoms with E-state index >= 15 is 0 Å². The number of ketones is 1. The van der Waals surface area contributed by atoms with Crippen molar-refractivity contribution < 1.29 is 4.79 Å². The fraction of sp³-hybridized carbons (Fsp3) is 0.900. The van der Waals surface area contributed by atoms with E-state index < -0.39 is 0 Å². The van der Waals surface area contributed by atoms with E-state index in [1.165, 1.54) is 12.8 Å². The number of hydrogen-bond donors (Lipinski definition) is 1. The van der Waals surface area contributed by atoms with Gasteiger partial charge in [-0.1, -0.05) is 0 Å². The Labute approximate surface area is 73.5 Å². The molecule has 0 aromatic heterocycles. The molecule has 0 heterocycles. The summed E-state index contributed by atoms with van der Waals surface area (Å²) < 4.78 is 0. The summed E-state index contributed by atoms with van der Waals surface area (Å²) in [5.41, 5.74) is 5.76. The third-order valence-corrected chi connectivity index (χ3v) is 3.12. The van der Waals surface area contributed by atoms with Gasteiger partial charge in [-0.15, -0.1) is 0 Å². The van der Waals surface area contributed by atoms with E-state index in [0.717, 1.165) is 31.6 Å². The van der Waals surface area contributed by atoms with Gasteiger partial charge in [0.1, 0.15) is 5.78 Å². The first kappa shape index (κ1) is 8.24. The van der Waals surface area contributed by atoms with Crippen LogP contribution in [0.25, 0.3) is 0 Å². The van der Waals surface area contributed by atoms with Crippen molar-refractivity contribution in [3.8, 4) is 0 Å². The second-order valence-corrected chi connectivity index (χ2v) is 4.38. The first-order valence-electron chi connectivity index (χ1n) is 5.04. The third kappa shape index (κ3) is 1.86. The van der Waals surface area contributed by atoms with Gasteiger partial charge in [0.05, 0.1) is 0 Å². The van der Waals surface area contributed by atoms with E-state index in [-0.39, 0.29) is 0 Å². The molecule has 0 saturated heterocycles. The summed E-state index contributed by atoms with van der Waals surface area (Å²) in [6.07, 6.45) is 6.46. The highest BCUT2D eigenvalue weighted by Gasteiger charge is 2.31. The van der Waals surface area contributed by atoms with Crippen LogP contribution in [0.2, 0.25) is 0 Å². The van der Waals surface area contributed by atoms with Gasteiger partial charge in [0.25, 0.3) is 0 Å². The summed E-state index contributed by atoms with van der Waals surface area (Å²) in [5, 5.41) is 0. The second-order valence-electron chi connectivity index (χ2n) is 4.38. The molecule has 2 heteroatoms. The lowest BCUT2D eigenvalue weighted by atomic mass is 9.98. The van der Waals surface area contributed by atoms with Crippen LogP contribution in [0, 0.1) is 11.8 Å². The van der Waals surface area contributed by atoms with Gasteiger partial charge in [-0.25, -0.2) is 0 Å². The molecule has 2 saturated carbocycles. The molecule has 0 spiro atoms. The summed E-state index contributed by atoms with van der Waals surface area (Å²) in [5.74, 6) is 1.56. The van der Waals surface area contributed by atoms with E-state index in [0.29, 0.717) is 17.7 Å². The smallest absolute Gasteiger partial charge is 0.136 e. The number of carbonyl (C=O) groups is 1. The highest BCUT2D eigenvalue weighted by molar-refractivity contribution is 5.81. The molecular formula is C10H17NO. The molecule has 0 radical (unpaired) electrons. The van der Waals surface area contributed by atoms with Crippen molar-refractivity contribution in [2.45, 2.75) is 44.6 Å². The number of carbonyl (C=O) groups excluding carboxylic acids is 1. The van der Waals surface area contributed by atoms with Crippen LogP contribution in [0.15, 0.2) is 0 Å². The summed E-state index contributed by atoms with van der Waals surface area (Å²) in [6.45, 7) is 0. The largest absolute Gasteiger partial charge is 0.328 e. The van der Waals surface area contributed by atoms with Crippen LogP contribution in [0.3, 0.4) is 0 Å². The van der Waals surface area contributed by atoms with Crippen LogP contribution in [0.4, 0.5) is 0 Å². The summed E-state index contributed by atoms with van der Waals surface area (Å²) >= 11 is 0. The normalized spacial score (nSPS) is 35.4. The molecule has 68 valence electrons. The van der Waals surface area contributed by atoms with E-state index in [2.05, 4.69) is 0 Å². The van der Waals surface area contributed by atoms with Gasteiger partial charge in [-0.05, 0) is 38.0 Å². The zero-order chi connectivity index (χ0) is 8.55. The van der Waals surface area contributed by atoms with Gasteiger partial charge >= 0.3 is 0 Å². The Morgan fingerprint density at radius 3 is 2.50 bits per heavy atom. The Kier molecular flexibility index (Phi) is 2.18. The lowest BCUT2D eigenvalue weighted by Crippen LogP contribution is -2.18. The standard InChI is InChI=1S/C10H17NO/c11-9-4-3-8(6-9)10(12)5-7-1-2-7/h7-9H,1-6,11H2. The fourth-order valence-corrected chi connectivity index (χ4v) is 2.08. The number of rotatable bonds is 3. The number of nitrogens with two attached hydrogens (primary N) is 1. The van der Waals surface area contributed by atoms with E-state index in [9.17, 15) is 4.79 Å². The molecule has 2 atom stereocenters. The van der Waals surface area contributed by atoms with Crippen LogP contribution in [-0.2, 0) is 4.79 Å². The van der Waals surface area contributed by atoms with Crippen LogP contribution in [0.1, 0.15) is 38.5 Å². The van der Waals surface area contributed by atoms with Gasteiger partial charge in [0, 0.05) is 18.4 Å². The van der Waals surface area contributed by atoms with Crippen molar-refractivity contribution in [3.63, 3.8) is 0 Å². The van der Waals surface area contributed by atoms with Crippen molar-refractivity contribution in [1.29, 1.82) is 0 Å². The highest BCUT2D eigenvalue weighted by atomic mass is 16.1. The molecule has 2 fully saturated rings. The molecule has 0 aromatic carbocycles. The molecule has 2 aliphatic carbocycles. The zero-order valence-corrected chi connectivity index (χ0v) is 7.46. The van der Waals surface area contributed by atoms with Gasteiger partial charge in [0.2, 0.25) is 0 Å². The molecule has 2 nitrogen and oxygen atoms in total. The molecule has 2 aliphatic rings. The zero-order valence-electron chi connectivity index (χ0n) is 7.46. The molecule has 2 N–H and O–H groups in total. The van der Waals surface area contributed by atoms with E-state index in [1.807, 2.05) is 0 Å². The Bertz CT molecular complexity index is 186. The van der Waals surface area contributed by atoms with Crippen molar-refractivity contribution in [2.75, 3.05) is 0 Å². The first-order valence-corrected chi connectivity index (χ1v) is 5.04. The maximum absolute atomic E-state index is 11.6. The average Bonchev–Trinajstić information content (AvgIpc) is 2.72.